The first-order valence-corrected chi connectivity index (χ1v) is 8.37. The highest BCUT2D eigenvalue weighted by atomic mass is 16.4. The van der Waals surface area contributed by atoms with Crippen LogP contribution in [0.25, 0.3) is 0 Å². The topological polar surface area (TPSA) is 47.0 Å². The molecule has 5 heteroatoms. The predicted octanol–water partition coefficient (Wildman–Crippen LogP) is 2.12. The van der Waals surface area contributed by atoms with Crippen molar-refractivity contribution in [2.75, 3.05) is 45.7 Å². The van der Waals surface area contributed by atoms with Gasteiger partial charge >= 0.3 is 5.97 Å². The number of carbonyl (C=O) groups is 1. The van der Waals surface area contributed by atoms with Gasteiger partial charge in [-0.15, -0.1) is 0 Å². The van der Waals surface area contributed by atoms with Crippen LogP contribution in [0.1, 0.15) is 24.8 Å². The van der Waals surface area contributed by atoms with E-state index in [1.807, 2.05) is 11.9 Å². The summed E-state index contributed by atoms with van der Waals surface area (Å²) in [5.41, 5.74) is 2.63. The van der Waals surface area contributed by atoms with E-state index in [4.69, 9.17) is 5.11 Å². The summed E-state index contributed by atoms with van der Waals surface area (Å²) < 4.78 is 0. The Hall–Kier alpha value is -1.59. The average Bonchev–Trinajstić information content (AvgIpc) is 2.72. The van der Waals surface area contributed by atoms with Crippen LogP contribution in [-0.2, 0) is 11.3 Å². The third-order valence-electron chi connectivity index (χ3n) is 4.67. The summed E-state index contributed by atoms with van der Waals surface area (Å²) in [6, 6.07) is 8.92. The maximum atomic E-state index is 10.9. The fraction of sp³-hybridized carbons (Fsp3) is 0.611. The Kier molecular flexibility index (Phi) is 6.42. The van der Waals surface area contributed by atoms with E-state index in [1.54, 1.807) is 0 Å². The molecule has 0 radical (unpaired) electrons. The summed E-state index contributed by atoms with van der Waals surface area (Å²) in [4.78, 5) is 17.5. The van der Waals surface area contributed by atoms with Crippen molar-refractivity contribution < 1.29 is 9.90 Å². The molecule has 0 saturated carbocycles. The highest BCUT2D eigenvalue weighted by Crippen LogP contribution is 2.22. The normalized spacial score (nSPS) is 19.6. The van der Waals surface area contributed by atoms with Crippen LogP contribution in [0.2, 0.25) is 0 Å². The van der Waals surface area contributed by atoms with Crippen LogP contribution in [-0.4, -0.2) is 67.7 Å². The summed E-state index contributed by atoms with van der Waals surface area (Å²) in [6.45, 7) is 3.20. The number of carboxylic acids is 1. The summed E-state index contributed by atoms with van der Waals surface area (Å²) in [5.74, 6) is -0.742. The van der Waals surface area contributed by atoms with Crippen LogP contribution >= 0.6 is 0 Å². The number of para-hydroxylation sites is 1. The number of likely N-dealkylation sites (N-methyl/N-ethyl adjacent to an activating group) is 1. The number of hydrogen-bond acceptors (Lipinski definition) is 4. The lowest BCUT2D eigenvalue weighted by molar-refractivity contribution is -0.138. The van der Waals surface area contributed by atoms with Crippen LogP contribution in [0.4, 0.5) is 5.69 Å². The fourth-order valence-corrected chi connectivity index (χ4v) is 3.40. The van der Waals surface area contributed by atoms with Gasteiger partial charge in [0.2, 0.25) is 0 Å². The molecule has 1 fully saturated rings. The molecule has 0 aliphatic carbocycles. The van der Waals surface area contributed by atoms with Gasteiger partial charge in [-0.3, -0.25) is 14.6 Å². The zero-order chi connectivity index (χ0) is 16.8. The summed E-state index contributed by atoms with van der Waals surface area (Å²) in [7, 11) is 6.09. The smallest absolute Gasteiger partial charge is 0.317 e. The Bertz CT molecular complexity index is 519. The molecular weight excluding hydrogens is 290 g/mol. The SMILES string of the molecule is CN(C)c1ccccc1CN1CCC[C@@H](N(C)CC(=O)O)CC1. The van der Waals surface area contributed by atoms with E-state index in [1.165, 1.54) is 11.3 Å². The Balaban J connectivity index is 1.95. The Morgan fingerprint density at radius 3 is 2.65 bits per heavy atom. The molecule has 128 valence electrons. The van der Waals surface area contributed by atoms with Gasteiger partial charge in [-0.1, -0.05) is 18.2 Å². The van der Waals surface area contributed by atoms with Crippen molar-refractivity contribution in [3.8, 4) is 0 Å². The number of nitrogens with zero attached hydrogens (tertiary/aromatic N) is 3. The molecular formula is C18H29N3O2. The first kappa shape index (κ1) is 17.8. The third-order valence-corrected chi connectivity index (χ3v) is 4.67. The van der Waals surface area contributed by atoms with Gasteiger partial charge in [0.05, 0.1) is 6.54 Å². The molecule has 0 amide bonds. The third kappa shape index (κ3) is 5.22. The summed E-state index contributed by atoms with van der Waals surface area (Å²) in [6.07, 6.45) is 3.24. The average molecular weight is 319 g/mol. The minimum atomic E-state index is -0.742. The number of anilines is 1. The Morgan fingerprint density at radius 1 is 1.22 bits per heavy atom. The second-order valence-corrected chi connectivity index (χ2v) is 6.69. The zero-order valence-corrected chi connectivity index (χ0v) is 14.5. The molecule has 1 saturated heterocycles. The lowest BCUT2D eigenvalue weighted by Crippen LogP contribution is -2.36. The predicted molar refractivity (Wildman–Crippen MR) is 94.0 cm³/mol. The van der Waals surface area contributed by atoms with E-state index in [0.29, 0.717) is 6.04 Å². The van der Waals surface area contributed by atoms with Gasteiger partial charge in [0.1, 0.15) is 0 Å². The molecule has 1 aromatic carbocycles. The van der Waals surface area contributed by atoms with Crippen molar-refractivity contribution in [1.82, 2.24) is 9.80 Å². The summed E-state index contributed by atoms with van der Waals surface area (Å²) in [5, 5.41) is 8.96. The zero-order valence-electron chi connectivity index (χ0n) is 14.5. The van der Waals surface area contributed by atoms with E-state index in [0.717, 1.165) is 38.9 Å². The van der Waals surface area contributed by atoms with Crippen LogP contribution in [0, 0.1) is 0 Å². The molecule has 0 spiro atoms. The van der Waals surface area contributed by atoms with Gasteiger partial charge in [0.15, 0.2) is 0 Å². The van der Waals surface area contributed by atoms with Gasteiger partial charge in [-0.05, 0) is 51.0 Å². The van der Waals surface area contributed by atoms with Crippen molar-refractivity contribution in [2.45, 2.75) is 31.8 Å². The van der Waals surface area contributed by atoms with E-state index in [9.17, 15) is 4.79 Å². The first-order valence-electron chi connectivity index (χ1n) is 8.37. The number of likely N-dealkylation sites (tertiary alicyclic amines) is 1. The lowest BCUT2D eigenvalue weighted by atomic mass is 10.1. The number of hydrogen-bond donors (Lipinski definition) is 1. The highest BCUT2D eigenvalue weighted by molar-refractivity contribution is 5.69. The molecule has 1 heterocycles. The molecule has 0 unspecified atom stereocenters. The van der Waals surface area contributed by atoms with Crippen molar-refractivity contribution in [3.63, 3.8) is 0 Å². The van der Waals surface area contributed by atoms with Crippen molar-refractivity contribution in [1.29, 1.82) is 0 Å². The molecule has 5 nitrogen and oxygen atoms in total. The van der Waals surface area contributed by atoms with Gasteiger partial charge in [-0.2, -0.15) is 0 Å². The molecule has 0 bridgehead atoms. The van der Waals surface area contributed by atoms with E-state index in [2.05, 4.69) is 48.2 Å². The van der Waals surface area contributed by atoms with Gasteiger partial charge in [0, 0.05) is 32.4 Å². The number of carboxylic acid groups (broad SMARTS) is 1. The molecule has 1 aliphatic rings. The second-order valence-electron chi connectivity index (χ2n) is 6.69. The van der Waals surface area contributed by atoms with Crippen LogP contribution in [0.3, 0.4) is 0 Å². The Morgan fingerprint density at radius 2 is 1.96 bits per heavy atom. The highest BCUT2D eigenvalue weighted by Gasteiger charge is 2.22. The van der Waals surface area contributed by atoms with Crippen LogP contribution < -0.4 is 4.90 Å². The van der Waals surface area contributed by atoms with E-state index < -0.39 is 5.97 Å². The lowest BCUT2D eigenvalue weighted by Gasteiger charge is -2.26. The standard InChI is InChI=1S/C18H29N3O2/c1-19(2)17-9-5-4-7-15(17)13-21-11-6-8-16(10-12-21)20(3)14-18(22)23/h4-5,7,9,16H,6,8,10-14H2,1-3H3,(H,22,23)/t16-/m1/s1. The molecule has 1 atom stereocenters. The van der Waals surface area contributed by atoms with Crippen molar-refractivity contribution in [3.05, 3.63) is 29.8 Å². The molecule has 1 N–H and O–H groups in total. The van der Waals surface area contributed by atoms with Gasteiger partial charge < -0.3 is 10.0 Å². The summed E-state index contributed by atoms with van der Waals surface area (Å²) >= 11 is 0. The second kappa shape index (κ2) is 8.31. The van der Waals surface area contributed by atoms with E-state index in [-0.39, 0.29) is 6.54 Å². The van der Waals surface area contributed by atoms with Gasteiger partial charge in [0.25, 0.3) is 0 Å². The van der Waals surface area contributed by atoms with Gasteiger partial charge in [-0.25, -0.2) is 0 Å². The van der Waals surface area contributed by atoms with Crippen LogP contribution in [0.5, 0.6) is 0 Å². The fourth-order valence-electron chi connectivity index (χ4n) is 3.40. The van der Waals surface area contributed by atoms with Crippen molar-refractivity contribution >= 4 is 11.7 Å². The minimum absolute atomic E-state index is 0.133. The quantitative estimate of drug-likeness (QED) is 0.870. The number of benzene rings is 1. The minimum Gasteiger partial charge on any atom is -0.480 e. The molecule has 0 aromatic heterocycles. The maximum absolute atomic E-state index is 10.9. The molecule has 2 rings (SSSR count). The van der Waals surface area contributed by atoms with Crippen molar-refractivity contribution in [2.24, 2.45) is 0 Å². The monoisotopic (exact) mass is 319 g/mol. The Labute approximate surface area is 139 Å². The first-order chi connectivity index (χ1) is 11.0. The molecule has 1 aliphatic heterocycles. The largest absolute Gasteiger partial charge is 0.480 e. The maximum Gasteiger partial charge on any atom is 0.317 e. The van der Waals surface area contributed by atoms with E-state index >= 15 is 0 Å². The number of rotatable bonds is 6. The number of aliphatic carboxylic acids is 1. The molecule has 23 heavy (non-hydrogen) atoms. The van der Waals surface area contributed by atoms with Crippen LogP contribution in [0.15, 0.2) is 24.3 Å². The molecule has 1 aromatic rings.